The number of rotatable bonds is 8. The summed E-state index contributed by atoms with van der Waals surface area (Å²) in [6.45, 7) is 11.9. The standard InChI is InChI=1S/C14H28N2S/c1-6-10-16-14(7-2,12-15)9-8-11-17-13(3,4)5/h16H,6-11H2,1-5H3. The summed E-state index contributed by atoms with van der Waals surface area (Å²) in [6.07, 6.45) is 4.05. The second-order valence-electron chi connectivity index (χ2n) is 5.54. The molecule has 1 unspecified atom stereocenters. The molecule has 0 rings (SSSR count). The Bertz CT molecular complexity index is 240. The molecular weight excluding hydrogens is 228 g/mol. The minimum atomic E-state index is -0.297. The van der Waals surface area contributed by atoms with Crippen molar-refractivity contribution in [2.24, 2.45) is 0 Å². The fourth-order valence-corrected chi connectivity index (χ4v) is 2.58. The van der Waals surface area contributed by atoms with Gasteiger partial charge in [0.05, 0.1) is 6.07 Å². The summed E-state index contributed by atoms with van der Waals surface area (Å²) in [5.41, 5.74) is -0.297. The van der Waals surface area contributed by atoms with Crippen LogP contribution >= 0.6 is 11.8 Å². The highest BCUT2D eigenvalue weighted by molar-refractivity contribution is 8.00. The van der Waals surface area contributed by atoms with Crippen LogP contribution in [0.2, 0.25) is 0 Å². The molecule has 0 spiro atoms. The van der Waals surface area contributed by atoms with Crippen molar-refractivity contribution in [2.45, 2.75) is 70.6 Å². The summed E-state index contributed by atoms with van der Waals surface area (Å²) in [5, 5.41) is 12.8. The molecule has 100 valence electrons. The van der Waals surface area contributed by atoms with Gasteiger partial charge in [-0.05, 0) is 38.0 Å². The second-order valence-corrected chi connectivity index (χ2v) is 7.46. The SMILES string of the molecule is CCCNC(C#N)(CC)CCCSC(C)(C)C. The van der Waals surface area contributed by atoms with E-state index in [9.17, 15) is 5.26 Å². The minimum absolute atomic E-state index is 0.297. The van der Waals surface area contributed by atoms with Gasteiger partial charge >= 0.3 is 0 Å². The lowest BCUT2D eigenvalue weighted by Crippen LogP contribution is -2.43. The topological polar surface area (TPSA) is 35.8 Å². The number of hydrogen-bond acceptors (Lipinski definition) is 3. The zero-order valence-electron chi connectivity index (χ0n) is 12.1. The van der Waals surface area contributed by atoms with E-state index in [4.69, 9.17) is 0 Å². The minimum Gasteiger partial charge on any atom is -0.299 e. The number of nitriles is 1. The van der Waals surface area contributed by atoms with Crippen LogP contribution in [-0.4, -0.2) is 22.6 Å². The first-order valence-electron chi connectivity index (χ1n) is 6.69. The molecule has 1 atom stereocenters. The third kappa shape index (κ3) is 7.68. The van der Waals surface area contributed by atoms with Gasteiger partial charge in [0.15, 0.2) is 0 Å². The average Bonchev–Trinajstić information content (AvgIpc) is 2.28. The Hall–Kier alpha value is -0.200. The first-order chi connectivity index (χ1) is 7.89. The van der Waals surface area contributed by atoms with Crippen LogP contribution in [-0.2, 0) is 0 Å². The largest absolute Gasteiger partial charge is 0.299 e. The Morgan fingerprint density at radius 2 is 1.88 bits per heavy atom. The maximum Gasteiger partial charge on any atom is 0.106 e. The van der Waals surface area contributed by atoms with Crippen LogP contribution in [0, 0.1) is 11.3 Å². The van der Waals surface area contributed by atoms with Crippen molar-refractivity contribution in [3.8, 4) is 6.07 Å². The van der Waals surface area contributed by atoms with Gasteiger partial charge in [-0.2, -0.15) is 17.0 Å². The van der Waals surface area contributed by atoms with Crippen molar-refractivity contribution >= 4 is 11.8 Å². The lowest BCUT2D eigenvalue weighted by molar-refractivity contribution is 0.371. The van der Waals surface area contributed by atoms with Gasteiger partial charge in [0.25, 0.3) is 0 Å². The zero-order chi connectivity index (χ0) is 13.4. The van der Waals surface area contributed by atoms with Gasteiger partial charge in [0.1, 0.15) is 5.54 Å². The van der Waals surface area contributed by atoms with Gasteiger partial charge in [-0.25, -0.2) is 0 Å². The predicted molar refractivity (Wildman–Crippen MR) is 78.4 cm³/mol. The molecule has 2 nitrogen and oxygen atoms in total. The molecule has 17 heavy (non-hydrogen) atoms. The summed E-state index contributed by atoms with van der Waals surface area (Å²) in [7, 11) is 0. The molecular formula is C14H28N2S. The van der Waals surface area contributed by atoms with E-state index in [0.717, 1.165) is 38.0 Å². The first-order valence-corrected chi connectivity index (χ1v) is 7.68. The van der Waals surface area contributed by atoms with Gasteiger partial charge in [-0.3, -0.25) is 5.32 Å². The molecule has 1 N–H and O–H groups in total. The fourth-order valence-electron chi connectivity index (χ4n) is 1.68. The highest BCUT2D eigenvalue weighted by Crippen LogP contribution is 2.26. The molecule has 0 aromatic heterocycles. The predicted octanol–water partition coefficient (Wildman–Crippen LogP) is 3.97. The van der Waals surface area contributed by atoms with Crippen molar-refractivity contribution in [1.29, 1.82) is 5.26 Å². The van der Waals surface area contributed by atoms with E-state index < -0.39 is 0 Å². The third-order valence-electron chi connectivity index (χ3n) is 2.81. The molecule has 0 fully saturated rings. The van der Waals surface area contributed by atoms with E-state index in [1.165, 1.54) is 0 Å². The Labute approximate surface area is 112 Å². The van der Waals surface area contributed by atoms with Crippen molar-refractivity contribution in [2.75, 3.05) is 12.3 Å². The molecule has 0 radical (unpaired) electrons. The van der Waals surface area contributed by atoms with Crippen molar-refractivity contribution in [3.05, 3.63) is 0 Å². The summed E-state index contributed by atoms with van der Waals surface area (Å²) >= 11 is 1.98. The van der Waals surface area contributed by atoms with Crippen molar-refractivity contribution in [3.63, 3.8) is 0 Å². The molecule has 0 aromatic rings. The summed E-state index contributed by atoms with van der Waals surface area (Å²) in [6, 6.07) is 2.48. The average molecular weight is 256 g/mol. The van der Waals surface area contributed by atoms with Crippen LogP contribution in [0.5, 0.6) is 0 Å². The van der Waals surface area contributed by atoms with E-state index in [1.807, 2.05) is 11.8 Å². The van der Waals surface area contributed by atoms with Crippen LogP contribution in [0.3, 0.4) is 0 Å². The van der Waals surface area contributed by atoms with E-state index >= 15 is 0 Å². The molecule has 0 aliphatic carbocycles. The van der Waals surface area contributed by atoms with E-state index in [-0.39, 0.29) is 5.54 Å². The Balaban J connectivity index is 4.05. The highest BCUT2D eigenvalue weighted by atomic mass is 32.2. The number of thioether (sulfide) groups is 1. The molecule has 0 aliphatic rings. The summed E-state index contributed by atoms with van der Waals surface area (Å²) in [4.78, 5) is 0. The lowest BCUT2D eigenvalue weighted by Gasteiger charge is -2.27. The highest BCUT2D eigenvalue weighted by Gasteiger charge is 2.26. The maximum absolute atomic E-state index is 9.34. The normalized spacial score (nSPS) is 15.3. The second kappa shape index (κ2) is 8.00. The molecule has 0 bridgehead atoms. The quantitative estimate of drug-likeness (QED) is 0.667. The Morgan fingerprint density at radius 3 is 2.29 bits per heavy atom. The van der Waals surface area contributed by atoms with Gasteiger partial charge in [0, 0.05) is 4.75 Å². The van der Waals surface area contributed by atoms with Gasteiger partial charge in [-0.1, -0.05) is 34.6 Å². The molecule has 0 saturated heterocycles. The van der Waals surface area contributed by atoms with Crippen molar-refractivity contribution in [1.82, 2.24) is 5.32 Å². The lowest BCUT2D eigenvalue weighted by atomic mass is 9.92. The van der Waals surface area contributed by atoms with Crippen molar-refractivity contribution < 1.29 is 0 Å². The van der Waals surface area contributed by atoms with Crippen LogP contribution in [0.4, 0.5) is 0 Å². The molecule has 0 aliphatic heterocycles. The summed E-state index contributed by atoms with van der Waals surface area (Å²) < 4.78 is 0.332. The zero-order valence-corrected chi connectivity index (χ0v) is 12.9. The Kier molecular flexibility index (Phi) is 7.91. The van der Waals surface area contributed by atoms with Crippen LogP contribution in [0.15, 0.2) is 0 Å². The maximum atomic E-state index is 9.34. The monoisotopic (exact) mass is 256 g/mol. The third-order valence-corrected chi connectivity index (χ3v) is 4.17. The molecule has 0 amide bonds. The van der Waals surface area contributed by atoms with Gasteiger partial charge < -0.3 is 0 Å². The molecule has 0 heterocycles. The van der Waals surface area contributed by atoms with Crippen LogP contribution in [0.25, 0.3) is 0 Å². The van der Waals surface area contributed by atoms with Gasteiger partial charge in [0.2, 0.25) is 0 Å². The molecule has 3 heteroatoms. The van der Waals surface area contributed by atoms with E-state index in [2.05, 4.69) is 46.0 Å². The number of nitrogens with one attached hydrogen (secondary N) is 1. The number of hydrogen-bond donors (Lipinski definition) is 1. The van der Waals surface area contributed by atoms with E-state index in [0.29, 0.717) is 4.75 Å². The van der Waals surface area contributed by atoms with Crippen LogP contribution < -0.4 is 5.32 Å². The number of nitrogens with zero attached hydrogens (tertiary/aromatic N) is 1. The molecule has 0 aromatic carbocycles. The van der Waals surface area contributed by atoms with Gasteiger partial charge in [-0.15, -0.1) is 0 Å². The van der Waals surface area contributed by atoms with E-state index in [1.54, 1.807) is 0 Å². The van der Waals surface area contributed by atoms with Crippen LogP contribution in [0.1, 0.15) is 60.3 Å². The Morgan fingerprint density at radius 1 is 1.24 bits per heavy atom. The molecule has 0 saturated carbocycles. The smallest absolute Gasteiger partial charge is 0.106 e. The first kappa shape index (κ1) is 16.8. The summed E-state index contributed by atoms with van der Waals surface area (Å²) in [5.74, 6) is 1.14. The fraction of sp³-hybridized carbons (Fsp3) is 0.929.